The molecule has 9 nitrogen and oxygen atoms in total. The number of hydrogen-bond donors (Lipinski definition) is 1. The fraction of sp³-hybridized carbons (Fsp3) is 0.500. The summed E-state index contributed by atoms with van der Waals surface area (Å²) < 4.78 is 42.6. The molecule has 2 aromatic rings. The topological polar surface area (TPSA) is 106 Å². The first-order valence-corrected chi connectivity index (χ1v) is 9.30. The molecule has 1 aliphatic rings. The molecule has 0 unspecified atom stereocenters. The number of halogens is 3. The number of piperazine rings is 1. The van der Waals surface area contributed by atoms with Gasteiger partial charge >= 0.3 is 18.1 Å². The number of esters is 2. The zero-order valence-electron chi connectivity index (χ0n) is 16.4. The van der Waals surface area contributed by atoms with Gasteiger partial charge in [-0.1, -0.05) is 6.92 Å². The molecule has 162 valence electrons. The average Bonchev–Trinajstić information content (AvgIpc) is 2.69. The minimum absolute atomic E-state index is 0.0127. The van der Waals surface area contributed by atoms with Crippen LogP contribution >= 0.6 is 0 Å². The van der Waals surface area contributed by atoms with Gasteiger partial charge in [-0.2, -0.15) is 13.2 Å². The molecule has 0 spiro atoms. The second kappa shape index (κ2) is 8.38. The third kappa shape index (κ3) is 4.27. The third-order valence-corrected chi connectivity index (χ3v) is 4.65. The van der Waals surface area contributed by atoms with Gasteiger partial charge in [-0.05, 0) is 13.3 Å². The molecular formula is C18H20F3N5O4. The minimum atomic E-state index is -5.29. The van der Waals surface area contributed by atoms with E-state index < -0.39 is 24.7 Å². The van der Waals surface area contributed by atoms with Crippen LogP contribution in [-0.2, 0) is 27.3 Å². The van der Waals surface area contributed by atoms with Crippen LogP contribution in [0.3, 0.4) is 0 Å². The first-order chi connectivity index (χ1) is 14.1. The number of nitrogens with one attached hydrogen (secondary N) is 1. The van der Waals surface area contributed by atoms with Crippen LogP contribution in [0.1, 0.15) is 18.3 Å². The summed E-state index contributed by atoms with van der Waals surface area (Å²) in [4.78, 5) is 46.6. The predicted molar refractivity (Wildman–Crippen MR) is 100 cm³/mol. The number of ether oxygens (including phenoxy) is 1. The second-order valence-electron chi connectivity index (χ2n) is 6.74. The Kier molecular flexibility index (Phi) is 6.06. The summed E-state index contributed by atoms with van der Waals surface area (Å²) >= 11 is 0. The van der Waals surface area contributed by atoms with E-state index >= 15 is 0 Å². The maximum Gasteiger partial charge on any atom is 0.491 e. The molecule has 0 saturated carbocycles. The van der Waals surface area contributed by atoms with Crippen molar-refractivity contribution >= 4 is 28.8 Å². The molecule has 1 aliphatic heterocycles. The molecule has 1 N–H and O–H groups in total. The molecule has 0 radical (unpaired) electrons. The van der Waals surface area contributed by atoms with Gasteiger partial charge in [-0.3, -0.25) is 4.79 Å². The SMILES string of the molecule is CCc1c(N2CCNCC2)c(=O)c2ncc(C)nc2n1CC(=O)OC(=O)C(F)(F)F. The van der Waals surface area contributed by atoms with E-state index in [1.807, 2.05) is 4.90 Å². The quantitative estimate of drug-likeness (QED) is 0.562. The molecule has 0 atom stereocenters. The van der Waals surface area contributed by atoms with Gasteiger partial charge in [0, 0.05) is 38.1 Å². The van der Waals surface area contributed by atoms with Crippen LogP contribution in [0.25, 0.3) is 11.2 Å². The van der Waals surface area contributed by atoms with E-state index in [0.29, 0.717) is 49.7 Å². The summed E-state index contributed by atoms with van der Waals surface area (Å²) in [5.41, 5.74) is 0.846. The Morgan fingerprint density at radius 1 is 1.27 bits per heavy atom. The molecular weight excluding hydrogens is 407 g/mol. The largest absolute Gasteiger partial charge is 0.491 e. The van der Waals surface area contributed by atoms with Crippen LogP contribution in [0.2, 0.25) is 0 Å². The highest BCUT2D eigenvalue weighted by Gasteiger charge is 2.42. The van der Waals surface area contributed by atoms with Crippen molar-refractivity contribution in [2.75, 3.05) is 31.1 Å². The summed E-state index contributed by atoms with van der Waals surface area (Å²) in [5.74, 6) is -4.01. The Balaban J connectivity index is 2.14. The van der Waals surface area contributed by atoms with Crippen LogP contribution in [0.15, 0.2) is 11.0 Å². The highest BCUT2D eigenvalue weighted by molar-refractivity contribution is 5.89. The molecule has 1 saturated heterocycles. The molecule has 0 bridgehead atoms. The Labute approximate surface area is 168 Å². The molecule has 0 aromatic carbocycles. The lowest BCUT2D eigenvalue weighted by Crippen LogP contribution is -2.46. The highest BCUT2D eigenvalue weighted by Crippen LogP contribution is 2.23. The maximum absolute atomic E-state index is 13.2. The lowest BCUT2D eigenvalue weighted by atomic mass is 10.1. The van der Waals surface area contributed by atoms with E-state index in [0.717, 1.165) is 0 Å². The molecule has 30 heavy (non-hydrogen) atoms. The van der Waals surface area contributed by atoms with Gasteiger partial charge in [0.05, 0.1) is 5.69 Å². The molecule has 3 rings (SSSR count). The fourth-order valence-electron chi connectivity index (χ4n) is 3.38. The lowest BCUT2D eigenvalue weighted by molar-refractivity contribution is -0.202. The van der Waals surface area contributed by atoms with Crippen molar-refractivity contribution in [1.82, 2.24) is 19.9 Å². The summed E-state index contributed by atoms with van der Waals surface area (Å²) in [6, 6.07) is 0. The van der Waals surface area contributed by atoms with Crippen LogP contribution < -0.4 is 15.6 Å². The van der Waals surface area contributed by atoms with Crippen molar-refractivity contribution in [3.63, 3.8) is 0 Å². The number of aryl methyl sites for hydroxylation is 1. The van der Waals surface area contributed by atoms with E-state index in [9.17, 15) is 27.6 Å². The van der Waals surface area contributed by atoms with E-state index in [-0.39, 0.29) is 16.6 Å². The Bertz CT molecular complexity index is 1040. The molecule has 0 amide bonds. The van der Waals surface area contributed by atoms with Gasteiger partial charge in [0.15, 0.2) is 11.2 Å². The number of carbonyl (C=O) groups excluding carboxylic acids is 2. The van der Waals surface area contributed by atoms with Crippen molar-refractivity contribution in [3.05, 3.63) is 27.8 Å². The van der Waals surface area contributed by atoms with E-state index in [1.165, 1.54) is 10.8 Å². The zero-order valence-corrected chi connectivity index (χ0v) is 16.4. The van der Waals surface area contributed by atoms with Gasteiger partial charge < -0.3 is 19.5 Å². The summed E-state index contributed by atoms with van der Waals surface area (Å²) in [5, 5.41) is 3.17. The first-order valence-electron chi connectivity index (χ1n) is 9.30. The third-order valence-electron chi connectivity index (χ3n) is 4.65. The monoisotopic (exact) mass is 427 g/mol. The molecule has 0 aliphatic carbocycles. The van der Waals surface area contributed by atoms with Crippen LogP contribution in [0, 0.1) is 6.92 Å². The van der Waals surface area contributed by atoms with Crippen molar-refractivity contribution in [2.45, 2.75) is 33.0 Å². The highest BCUT2D eigenvalue weighted by atomic mass is 19.4. The van der Waals surface area contributed by atoms with Crippen molar-refractivity contribution in [2.24, 2.45) is 0 Å². The van der Waals surface area contributed by atoms with Crippen LogP contribution in [0.4, 0.5) is 18.9 Å². The molecule has 1 fully saturated rings. The van der Waals surface area contributed by atoms with E-state index in [2.05, 4.69) is 20.0 Å². The number of rotatable bonds is 4. The summed E-state index contributed by atoms with van der Waals surface area (Å²) in [6.45, 7) is 5.00. The summed E-state index contributed by atoms with van der Waals surface area (Å²) in [7, 11) is 0. The lowest BCUT2D eigenvalue weighted by Gasteiger charge is -2.31. The minimum Gasteiger partial charge on any atom is -0.385 e. The standard InChI is InChI=1S/C18H20F3N5O4/c1-3-11-14(25-6-4-22-5-7-25)15(28)13-16(24-10(2)8-23-13)26(11)9-12(27)30-17(29)18(19,20)21/h8,22H,3-7,9H2,1-2H3. The maximum atomic E-state index is 13.2. The smallest absolute Gasteiger partial charge is 0.385 e. The Morgan fingerprint density at radius 2 is 1.93 bits per heavy atom. The second-order valence-corrected chi connectivity index (χ2v) is 6.74. The number of carbonyl (C=O) groups is 2. The van der Waals surface area contributed by atoms with Gasteiger partial charge in [0.25, 0.3) is 0 Å². The van der Waals surface area contributed by atoms with E-state index in [4.69, 9.17) is 0 Å². The van der Waals surface area contributed by atoms with Crippen LogP contribution in [0.5, 0.6) is 0 Å². The summed E-state index contributed by atoms with van der Waals surface area (Å²) in [6.07, 6.45) is -3.61. The number of aromatic nitrogens is 3. The molecule has 12 heteroatoms. The first kappa shape index (κ1) is 21.7. The number of anilines is 1. The normalized spacial score (nSPS) is 14.8. The number of alkyl halides is 3. The number of hydrogen-bond acceptors (Lipinski definition) is 8. The Hall–Kier alpha value is -3.02. The molecule has 3 heterocycles. The van der Waals surface area contributed by atoms with Gasteiger partial charge in [0.2, 0.25) is 5.43 Å². The predicted octanol–water partition coefficient (Wildman–Crippen LogP) is 0.704. The molecule has 2 aromatic heterocycles. The van der Waals surface area contributed by atoms with Crippen LogP contribution in [-0.4, -0.2) is 58.8 Å². The van der Waals surface area contributed by atoms with E-state index in [1.54, 1.807) is 13.8 Å². The number of nitrogens with zero attached hydrogens (tertiary/aromatic N) is 4. The van der Waals surface area contributed by atoms with Crippen molar-refractivity contribution in [1.29, 1.82) is 0 Å². The van der Waals surface area contributed by atoms with Gasteiger partial charge in [-0.25, -0.2) is 19.6 Å². The fourth-order valence-corrected chi connectivity index (χ4v) is 3.38. The Morgan fingerprint density at radius 3 is 2.53 bits per heavy atom. The van der Waals surface area contributed by atoms with Crippen molar-refractivity contribution < 1.29 is 27.5 Å². The average molecular weight is 427 g/mol. The van der Waals surface area contributed by atoms with Gasteiger partial charge in [0.1, 0.15) is 12.2 Å². The zero-order chi connectivity index (χ0) is 22.1. The van der Waals surface area contributed by atoms with Gasteiger partial charge in [-0.15, -0.1) is 0 Å². The number of pyridine rings is 1. The number of fused-ring (bicyclic) bond motifs is 1. The van der Waals surface area contributed by atoms with Crippen molar-refractivity contribution in [3.8, 4) is 0 Å².